The second kappa shape index (κ2) is 5.98. The quantitative estimate of drug-likeness (QED) is 0.846. The van der Waals surface area contributed by atoms with E-state index in [9.17, 15) is 0 Å². The van der Waals surface area contributed by atoms with Gasteiger partial charge in [0.2, 0.25) is 0 Å². The van der Waals surface area contributed by atoms with Gasteiger partial charge < -0.3 is 14.8 Å². The van der Waals surface area contributed by atoms with Gasteiger partial charge in [-0.3, -0.25) is 0 Å². The molecule has 0 radical (unpaired) electrons. The van der Waals surface area contributed by atoms with Gasteiger partial charge in [-0.1, -0.05) is 13.8 Å². The Labute approximate surface area is 133 Å². The summed E-state index contributed by atoms with van der Waals surface area (Å²) in [7, 11) is 1.62. The summed E-state index contributed by atoms with van der Waals surface area (Å²) in [5.41, 5.74) is 2.86. The molecule has 21 heavy (non-hydrogen) atoms. The zero-order valence-corrected chi connectivity index (χ0v) is 14.3. The van der Waals surface area contributed by atoms with Crippen LogP contribution >= 0.6 is 15.9 Å². The lowest BCUT2D eigenvalue weighted by Crippen LogP contribution is -2.38. The molecule has 1 aromatic carbocycles. The average Bonchev–Trinajstić information content (AvgIpc) is 2.47. The van der Waals surface area contributed by atoms with Gasteiger partial charge in [0.25, 0.3) is 0 Å². The molecule has 0 saturated carbocycles. The molecule has 0 atom stereocenters. The highest BCUT2D eigenvalue weighted by atomic mass is 79.9. The van der Waals surface area contributed by atoms with Gasteiger partial charge in [0, 0.05) is 17.5 Å². The van der Waals surface area contributed by atoms with E-state index >= 15 is 0 Å². The maximum atomic E-state index is 9.16. The molecular weight excluding hydrogens is 332 g/mol. The molecule has 0 amide bonds. The van der Waals surface area contributed by atoms with Crippen molar-refractivity contribution in [3.63, 3.8) is 0 Å². The molecule has 0 fully saturated rings. The SMILES string of the molecule is CCOc1cc2c(cc1OC)C(=C(Br)C#N)NCC2(C)C. The first-order valence-electron chi connectivity index (χ1n) is 6.84. The predicted molar refractivity (Wildman–Crippen MR) is 86.7 cm³/mol. The van der Waals surface area contributed by atoms with Crippen LogP contribution in [0, 0.1) is 11.3 Å². The number of ether oxygens (including phenoxy) is 2. The van der Waals surface area contributed by atoms with Crippen LogP contribution in [-0.4, -0.2) is 20.3 Å². The number of nitrogens with zero attached hydrogens (tertiary/aromatic N) is 1. The van der Waals surface area contributed by atoms with Crippen molar-refractivity contribution in [2.75, 3.05) is 20.3 Å². The van der Waals surface area contributed by atoms with Crippen LogP contribution in [0.2, 0.25) is 0 Å². The zero-order valence-electron chi connectivity index (χ0n) is 12.7. The van der Waals surface area contributed by atoms with Crippen LogP contribution in [0.4, 0.5) is 0 Å². The van der Waals surface area contributed by atoms with E-state index in [1.54, 1.807) is 7.11 Å². The summed E-state index contributed by atoms with van der Waals surface area (Å²) in [6.07, 6.45) is 0. The molecule has 0 unspecified atom stereocenters. The highest BCUT2D eigenvalue weighted by Crippen LogP contribution is 2.42. The van der Waals surface area contributed by atoms with E-state index < -0.39 is 0 Å². The monoisotopic (exact) mass is 350 g/mol. The van der Waals surface area contributed by atoms with E-state index in [1.165, 1.54) is 0 Å². The molecule has 4 nitrogen and oxygen atoms in total. The van der Waals surface area contributed by atoms with Crippen molar-refractivity contribution in [3.05, 3.63) is 27.7 Å². The first-order chi connectivity index (χ1) is 9.94. The van der Waals surface area contributed by atoms with Crippen LogP contribution in [0.25, 0.3) is 5.70 Å². The van der Waals surface area contributed by atoms with Gasteiger partial charge in [-0.25, -0.2) is 0 Å². The fourth-order valence-electron chi connectivity index (χ4n) is 2.51. The van der Waals surface area contributed by atoms with Crippen LogP contribution in [0.3, 0.4) is 0 Å². The lowest BCUT2D eigenvalue weighted by atomic mass is 9.78. The zero-order chi connectivity index (χ0) is 15.6. The van der Waals surface area contributed by atoms with Gasteiger partial charge in [-0.15, -0.1) is 0 Å². The maximum absolute atomic E-state index is 9.16. The van der Waals surface area contributed by atoms with Gasteiger partial charge in [0.15, 0.2) is 11.5 Å². The number of benzene rings is 1. The molecule has 1 aromatic rings. The summed E-state index contributed by atoms with van der Waals surface area (Å²) in [5.74, 6) is 1.41. The molecule has 5 heteroatoms. The summed E-state index contributed by atoms with van der Waals surface area (Å²) in [6.45, 7) is 7.61. The molecule has 0 spiro atoms. The minimum atomic E-state index is -0.0559. The molecule has 1 aliphatic heterocycles. The topological polar surface area (TPSA) is 54.3 Å². The smallest absolute Gasteiger partial charge is 0.161 e. The van der Waals surface area contributed by atoms with E-state index in [2.05, 4.69) is 41.2 Å². The van der Waals surface area contributed by atoms with Crippen LogP contribution in [0.5, 0.6) is 11.5 Å². The van der Waals surface area contributed by atoms with Crippen molar-refractivity contribution in [1.29, 1.82) is 5.26 Å². The fourth-order valence-corrected chi connectivity index (χ4v) is 2.86. The number of hydrogen-bond donors (Lipinski definition) is 1. The second-order valence-corrected chi connectivity index (χ2v) is 6.31. The predicted octanol–water partition coefficient (Wildman–Crippen LogP) is 3.56. The van der Waals surface area contributed by atoms with E-state index in [4.69, 9.17) is 14.7 Å². The molecule has 112 valence electrons. The summed E-state index contributed by atoms with van der Waals surface area (Å²) >= 11 is 3.33. The Morgan fingerprint density at radius 2 is 2.14 bits per heavy atom. The third kappa shape index (κ3) is 2.86. The van der Waals surface area contributed by atoms with Crippen molar-refractivity contribution in [1.82, 2.24) is 5.32 Å². The molecule has 2 rings (SSSR count). The summed E-state index contributed by atoms with van der Waals surface area (Å²) in [5, 5.41) is 12.5. The normalized spacial score (nSPS) is 18.1. The molecule has 1 N–H and O–H groups in total. The Balaban J connectivity index is 2.71. The van der Waals surface area contributed by atoms with E-state index in [0.29, 0.717) is 16.8 Å². The van der Waals surface area contributed by atoms with Gasteiger partial charge in [-0.05, 0) is 40.5 Å². The number of rotatable bonds is 3. The van der Waals surface area contributed by atoms with Crippen molar-refractivity contribution >= 4 is 21.6 Å². The average molecular weight is 351 g/mol. The molecule has 0 aliphatic carbocycles. The third-order valence-electron chi connectivity index (χ3n) is 3.63. The Bertz CT molecular complexity index is 630. The molecule has 1 aliphatic rings. The first kappa shape index (κ1) is 15.7. The fraction of sp³-hybridized carbons (Fsp3) is 0.438. The van der Waals surface area contributed by atoms with Crippen LogP contribution in [-0.2, 0) is 5.41 Å². The minimum absolute atomic E-state index is 0.0559. The summed E-state index contributed by atoms with van der Waals surface area (Å²) in [4.78, 5) is 0. The highest BCUT2D eigenvalue weighted by molar-refractivity contribution is 9.12. The van der Waals surface area contributed by atoms with Crippen LogP contribution in [0.15, 0.2) is 16.6 Å². The number of nitrogens with one attached hydrogen (secondary N) is 1. The Hall–Kier alpha value is -1.67. The van der Waals surface area contributed by atoms with Crippen molar-refractivity contribution in [3.8, 4) is 17.6 Å². The van der Waals surface area contributed by atoms with E-state index in [1.807, 2.05) is 19.1 Å². The Morgan fingerprint density at radius 1 is 1.43 bits per heavy atom. The van der Waals surface area contributed by atoms with Gasteiger partial charge >= 0.3 is 0 Å². The van der Waals surface area contributed by atoms with Gasteiger partial charge in [-0.2, -0.15) is 5.26 Å². The number of fused-ring (bicyclic) bond motifs is 1. The van der Waals surface area contributed by atoms with Gasteiger partial charge in [0.05, 0.1) is 19.4 Å². The lowest BCUT2D eigenvalue weighted by Gasteiger charge is -2.35. The van der Waals surface area contributed by atoms with E-state index in [-0.39, 0.29) is 5.41 Å². The second-order valence-electron chi connectivity index (χ2n) is 5.52. The molecule has 0 aromatic heterocycles. The minimum Gasteiger partial charge on any atom is -0.493 e. The standard InChI is InChI=1S/C16H19BrN2O2/c1-5-21-14-7-11-10(6-13(14)20-4)15(12(17)8-18)19-9-16(11,2)3/h6-7,19H,5,9H2,1-4H3. The number of hydrogen-bond acceptors (Lipinski definition) is 4. The Kier molecular flexibility index (Phi) is 4.48. The van der Waals surface area contributed by atoms with Crippen LogP contribution in [0.1, 0.15) is 31.9 Å². The van der Waals surface area contributed by atoms with Gasteiger partial charge in [0.1, 0.15) is 10.6 Å². The third-order valence-corrected chi connectivity index (χ3v) is 4.20. The number of methoxy groups -OCH3 is 1. The lowest BCUT2D eigenvalue weighted by molar-refractivity contribution is 0.309. The number of allylic oxidation sites excluding steroid dienone is 1. The molecular formula is C16H19BrN2O2. The van der Waals surface area contributed by atoms with Crippen molar-refractivity contribution in [2.45, 2.75) is 26.2 Å². The van der Waals surface area contributed by atoms with Crippen molar-refractivity contribution in [2.24, 2.45) is 0 Å². The first-order valence-corrected chi connectivity index (χ1v) is 7.63. The highest BCUT2D eigenvalue weighted by Gasteiger charge is 2.32. The molecule has 0 saturated heterocycles. The Morgan fingerprint density at radius 3 is 2.71 bits per heavy atom. The van der Waals surface area contributed by atoms with Crippen LogP contribution < -0.4 is 14.8 Å². The molecule has 1 heterocycles. The number of nitriles is 1. The van der Waals surface area contributed by atoms with Crippen molar-refractivity contribution < 1.29 is 9.47 Å². The largest absolute Gasteiger partial charge is 0.493 e. The van der Waals surface area contributed by atoms with E-state index in [0.717, 1.165) is 29.1 Å². The summed E-state index contributed by atoms with van der Waals surface area (Å²) < 4.78 is 11.6. The summed E-state index contributed by atoms with van der Waals surface area (Å²) in [6, 6.07) is 6.10. The number of halogens is 1. The molecule has 0 bridgehead atoms. The maximum Gasteiger partial charge on any atom is 0.161 e.